The van der Waals surface area contributed by atoms with E-state index < -0.39 is 18.2 Å². The molecule has 2 rings (SSSR count). The van der Waals surface area contributed by atoms with Gasteiger partial charge in [-0.05, 0) is 19.1 Å². The van der Waals surface area contributed by atoms with Crippen LogP contribution in [0.1, 0.15) is 23.0 Å². The summed E-state index contributed by atoms with van der Waals surface area (Å²) < 4.78 is 45.8. The van der Waals surface area contributed by atoms with Crippen LogP contribution in [0.4, 0.5) is 13.2 Å². The average molecular weight is 272 g/mol. The first kappa shape index (κ1) is 13.5. The predicted octanol–water partition coefficient (Wildman–Crippen LogP) is 3.57. The number of aliphatic hydroxyl groups excluding tert-OH is 1. The molecule has 0 bridgehead atoms. The third kappa shape index (κ3) is 3.08. The van der Waals surface area contributed by atoms with Crippen LogP contribution in [-0.2, 0) is 0 Å². The third-order valence-corrected chi connectivity index (χ3v) is 2.63. The Bertz CT molecular complexity index is 560. The van der Waals surface area contributed by atoms with Crippen LogP contribution in [0.2, 0.25) is 0 Å². The number of para-hydroxylation sites is 1. The van der Waals surface area contributed by atoms with E-state index in [4.69, 9.17) is 4.42 Å². The monoisotopic (exact) mass is 272 g/mol. The van der Waals surface area contributed by atoms with Crippen LogP contribution in [0.15, 0.2) is 41.0 Å². The Morgan fingerprint density at radius 3 is 2.42 bits per heavy atom. The van der Waals surface area contributed by atoms with Crippen LogP contribution in [0.5, 0.6) is 5.75 Å². The molecule has 2 aromatic rings. The van der Waals surface area contributed by atoms with Gasteiger partial charge in [0.1, 0.15) is 17.6 Å². The Balaban J connectivity index is 2.37. The molecule has 1 heterocycles. The first-order valence-electron chi connectivity index (χ1n) is 5.45. The van der Waals surface area contributed by atoms with Gasteiger partial charge in [0.05, 0.1) is 6.26 Å². The minimum atomic E-state index is -4.80. The van der Waals surface area contributed by atoms with E-state index in [-0.39, 0.29) is 5.56 Å². The molecule has 0 saturated heterocycles. The lowest BCUT2D eigenvalue weighted by Crippen LogP contribution is -2.18. The zero-order valence-corrected chi connectivity index (χ0v) is 9.94. The molecule has 1 aromatic heterocycles. The minimum absolute atomic E-state index is 0.0318. The maximum absolute atomic E-state index is 12.3. The summed E-state index contributed by atoms with van der Waals surface area (Å²) in [4.78, 5) is 0. The second-order valence-electron chi connectivity index (χ2n) is 3.92. The van der Waals surface area contributed by atoms with E-state index in [1.807, 2.05) is 0 Å². The summed E-state index contributed by atoms with van der Waals surface area (Å²) in [6, 6.07) is 6.96. The molecule has 6 heteroatoms. The lowest BCUT2D eigenvalue weighted by Gasteiger charge is -2.16. The lowest BCUT2D eigenvalue weighted by atomic mass is 10.0. The molecule has 0 radical (unpaired) electrons. The number of hydrogen-bond acceptors (Lipinski definition) is 3. The molecule has 1 atom stereocenters. The fourth-order valence-corrected chi connectivity index (χ4v) is 1.77. The zero-order valence-electron chi connectivity index (χ0n) is 9.94. The quantitative estimate of drug-likeness (QED) is 0.928. The topological polar surface area (TPSA) is 42.6 Å². The van der Waals surface area contributed by atoms with Gasteiger partial charge in [-0.3, -0.25) is 0 Å². The molecule has 19 heavy (non-hydrogen) atoms. The first-order chi connectivity index (χ1) is 8.88. The molecule has 0 spiro atoms. The Morgan fingerprint density at radius 1 is 1.16 bits per heavy atom. The van der Waals surface area contributed by atoms with Crippen molar-refractivity contribution in [2.45, 2.75) is 19.4 Å². The molecule has 0 aliphatic heterocycles. The number of aryl methyl sites for hydroxylation is 1. The number of ether oxygens (including phenoxy) is 1. The maximum Gasteiger partial charge on any atom is 0.573 e. The molecule has 1 N–H and O–H groups in total. The lowest BCUT2D eigenvalue weighted by molar-refractivity contribution is -0.275. The molecule has 0 aliphatic rings. The molecule has 0 aliphatic carbocycles. The highest BCUT2D eigenvalue weighted by Gasteiger charge is 2.33. The van der Waals surface area contributed by atoms with Gasteiger partial charge in [0.25, 0.3) is 0 Å². The van der Waals surface area contributed by atoms with Crippen LogP contribution in [0, 0.1) is 6.92 Å². The average Bonchev–Trinajstić information content (AvgIpc) is 2.73. The van der Waals surface area contributed by atoms with Gasteiger partial charge in [-0.2, -0.15) is 0 Å². The predicted molar refractivity (Wildman–Crippen MR) is 60.6 cm³/mol. The highest BCUT2D eigenvalue weighted by Crippen LogP contribution is 2.34. The maximum atomic E-state index is 12.3. The van der Waals surface area contributed by atoms with Crippen LogP contribution < -0.4 is 4.74 Å². The molecule has 3 nitrogen and oxygen atoms in total. The molecule has 102 valence electrons. The van der Waals surface area contributed by atoms with Crippen molar-refractivity contribution >= 4 is 0 Å². The van der Waals surface area contributed by atoms with Crippen LogP contribution in [-0.4, -0.2) is 11.5 Å². The standard InChI is InChI=1S/C13H11F3O3/c1-8-9(6-7-18-8)12(17)10-4-2-3-5-11(10)19-13(14,15)16/h2-7,12,17H,1H3. The number of halogens is 3. The van der Waals surface area contributed by atoms with Crippen molar-refractivity contribution in [3.63, 3.8) is 0 Å². The van der Waals surface area contributed by atoms with Crippen molar-refractivity contribution in [3.8, 4) is 5.75 Å². The van der Waals surface area contributed by atoms with E-state index in [9.17, 15) is 18.3 Å². The molecule has 0 amide bonds. The van der Waals surface area contributed by atoms with Gasteiger partial charge >= 0.3 is 6.36 Å². The van der Waals surface area contributed by atoms with Crippen molar-refractivity contribution in [1.29, 1.82) is 0 Å². The summed E-state index contributed by atoms with van der Waals surface area (Å²) in [6.07, 6.45) is -4.68. The number of alkyl halides is 3. The van der Waals surface area contributed by atoms with Crippen molar-refractivity contribution < 1.29 is 27.4 Å². The van der Waals surface area contributed by atoms with Gasteiger partial charge in [0.15, 0.2) is 0 Å². The van der Waals surface area contributed by atoms with Crippen LogP contribution in [0.25, 0.3) is 0 Å². The Labute approximate surface area is 107 Å². The summed E-state index contributed by atoms with van der Waals surface area (Å²) in [7, 11) is 0. The van der Waals surface area contributed by atoms with Crippen molar-refractivity contribution in [1.82, 2.24) is 0 Å². The van der Waals surface area contributed by atoms with Crippen LogP contribution in [0.3, 0.4) is 0 Å². The molecular formula is C13H11F3O3. The second-order valence-corrected chi connectivity index (χ2v) is 3.92. The number of hydrogen-bond donors (Lipinski definition) is 1. The first-order valence-corrected chi connectivity index (χ1v) is 5.45. The number of aliphatic hydroxyl groups is 1. The summed E-state index contributed by atoms with van der Waals surface area (Å²) in [5.41, 5.74) is 0.433. The van der Waals surface area contributed by atoms with E-state index in [0.717, 1.165) is 6.07 Å². The highest BCUT2D eigenvalue weighted by molar-refractivity contribution is 5.40. The van der Waals surface area contributed by atoms with Crippen LogP contribution >= 0.6 is 0 Å². The number of rotatable bonds is 3. The molecule has 1 unspecified atom stereocenters. The largest absolute Gasteiger partial charge is 0.573 e. The molecule has 0 fully saturated rings. The zero-order chi connectivity index (χ0) is 14.0. The SMILES string of the molecule is Cc1occc1C(O)c1ccccc1OC(F)(F)F. The summed E-state index contributed by atoms with van der Waals surface area (Å²) in [5.74, 6) is 0.0115. The van der Waals surface area contributed by atoms with Crippen molar-refractivity contribution in [2.75, 3.05) is 0 Å². The van der Waals surface area contributed by atoms with Gasteiger partial charge < -0.3 is 14.3 Å². The van der Waals surface area contributed by atoms with E-state index in [1.54, 1.807) is 6.92 Å². The third-order valence-electron chi connectivity index (χ3n) is 2.63. The Morgan fingerprint density at radius 2 is 1.84 bits per heavy atom. The van der Waals surface area contributed by atoms with E-state index in [2.05, 4.69) is 4.74 Å². The molecule has 1 aromatic carbocycles. The van der Waals surface area contributed by atoms with E-state index >= 15 is 0 Å². The Kier molecular flexibility index (Phi) is 3.53. The molecule has 0 saturated carbocycles. The number of benzene rings is 1. The van der Waals surface area contributed by atoms with Crippen molar-refractivity contribution in [3.05, 3.63) is 53.5 Å². The fraction of sp³-hybridized carbons (Fsp3) is 0.231. The summed E-state index contributed by atoms with van der Waals surface area (Å²) in [6.45, 7) is 1.62. The highest BCUT2D eigenvalue weighted by atomic mass is 19.4. The van der Waals surface area contributed by atoms with E-state index in [1.165, 1.54) is 30.5 Å². The minimum Gasteiger partial charge on any atom is -0.469 e. The summed E-state index contributed by atoms with van der Waals surface area (Å²) in [5, 5.41) is 10.1. The second kappa shape index (κ2) is 4.97. The van der Waals surface area contributed by atoms with Gasteiger partial charge in [-0.1, -0.05) is 18.2 Å². The number of furan rings is 1. The van der Waals surface area contributed by atoms with Gasteiger partial charge in [-0.15, -0.1) is 13.2 Å². The van der Waals surface area contributed by atoms with E-state index in [0.29, 0.717) is 11.3 Å². The van der Waals surface area contributed by atoms with Gasteiger partial charge in [0.2, 0.25) is 0 Å². The normalized spacial score (nSPS) is 13.3. The summed E-state index contributed by atoms with van der Waals surface area (Å²) >= 11 is 0. The fourth-order valence-electron chi connectivity index (χ4n) is 1.77. The van der Waals surface area contributed by atoms with Gasteiger partial charge in [0, 0.05) is 11.1 Å². The molecular weight excluding hydrogens is 261 g/mol. The van der Waals surface area contributed by atoms with Crippen molar-refractivity contribution in [2.24, 2.45) is 0 Å². The van der Waals surface area contributed by atoms with Gasteiger partial charge in [-0.25, -0.2) is 0 Å². The smallest absolute Gasteiger partial charge is 0.469 e. The Hall–Kier alpha value is -1.95.